The largest absolute Gasteiger partial charge is 2.00 e. The Morgan fingerprint density at radius 1 is 0.538 bits per heavy atom. The average molecular weight is 574 g/mol. The van der Waals surface area contributed by atoms with E-state index >= 15 is 0 Å². The molecule has 0 bridgehead atoms. The molecule has 0 fully saturated rings. The number of hydrogen-bond acceptors (Lipinski definition) is 0. The third-order valence-corrected chi connectivity index (χ3v) is 7.46. The van der Waals surface area contributed by atoms with E-state index in [-0.39, 0.29) is 31.3 Å². The van der Waals surface area contributed by atoms with Gasteiger partial charge in [0, 0.05) is 22.3 Å². The molecule has 0 aromatic heterocycles. The van der Waals surface area contributed by atoms with E-state index in [1.807, 2.05) is 0 Å². The van der Waals surface area contributed by atoms with Crippen molar-refractivity contribution < 1.29 is 21.2 Å². The molecule has 1 aliphatic heterocycles. The predicted molar refractivity (Wildman–Crippen MR) is 169 cm³/mol. The number of rotatable bonds is 16. The molecule has 1 heterocycles. The van der Waals surface area contributed by atoms with Crippen LogP contribution in [-0.2, 0) is 29.3 Å². The number of allylic oxidation sites excluding steroid dienone is 2. The van der Waals surface area contributed by atoms with Gasteiger partial charge in [-0.2, -0.15) is 0 Å². The molecule has 0 saturated heterocycles. The fraction of sp³-hybridized carbons (Fsp3) is 0.500. The monoisotopic (exact) mass is 572 g/mol. The van der Waals surface area contributed by atoms with Crippen molar-refractivity contribution in [1.29, 1.82) is 0 Å². The Bertz CT molecular complexity index is 1060. The Hall–Kier alpha value is -1.99. The number of unbranched alkanes of at least 4 members (excludes halogenated alkanes) is 6. The second kappa shape index (κ2) is 20.0. The van der Waals surface area contributed by atoms with E-state index in [0.717, 1.165) is 61.0 Å². The van der Waals surface area contributed by atoms with E-state index in [2.05, 4.69) is 76.2 Å². The minimum Gasteiger partial charge on any atom is -0.493 e. The van der Waals surface area contributed by atoms with E-state index in [0.29, 0.717) is 0 Å². The zero-order valence-corrected chi connectivity index (χ0v) is 26.7. The predicted octanol–water partition coefficient (Wildman–Crippen LogP) is 11.6. The molecule has 1 aliphatic rings. The molecule has 0 amide bonds. The molecular formula is C36H54N2Ni. The zero-order chi connectivity index (χ0) is 25.8. The van der Waals surface area contributed by atoms with Crippen molar-refractivity contribution in [1.82, 2.24) is 0 Å². The summed E-state index contributed by atoms with van der Waals surface area (Å²) in [6.45, 7) is 9.03. The molecule has 3 heteroatoms. The second-order valence-electron chi connectivity index (χ2n) is 10.5. The van der Waals surface area contributed by atoms with E-state index in [1.165, 1.54) is 73.6 Å². The van der Waals surface area contributed by atoms with Crippen LogP contribution in [0.2, 0.25) is 0 Å². The van der Waals surface area contributed by atoms with Crippen LogP contribution in [0.4, 0.5) is 0 Å². The van der Waals surface area contributed by atoms with Gasteiger partial charge in [-0.15, -0.1) is 0 Å². The van der Waals surface area contributed by atoms with Gasteiger partial charge >= 0.3 is 16.5 Å². The minimum absolute atomic E-state index is 0. The smallest absolute Gasteiger partial charge is 0.493 e. The van der Waals surface area contributed by atoms with Crippen LogP contribution in [-0.4, -0.2) is 4.70 Å². The van der Waals surface area contributed by atoms with Crippen molar-refractivity contribution in [2.75, 3.05) is 0 Å². The maximum Gasteiger partial charge on any atom is 2.00 e. The topological polar surface area (TPSA) is 25.3 Å². The molecule has 2 nitrogen and oxygen atoms in total. The fourth-order valence-corrected chi connectivity index (χ4v) is 5.40. The fourth-order valence-electron chi connectivity index (χ4n) is 5.40. The summed E-state index contributed by atoms with van der Waals surface area (Å²) in [7, 11) is 0. The molecule has 0 radical (unpaired) electrons. The van der Waals surface area contributed by atoms with Crippen molar-refractivity contribution >= 4 is 11.4 Å². The van der Waals surface area contributed by atoms with Crippen molar-refractivity contribution in [3.63, 3.8) is 0 Å². The first-order valence-corrected chi connectivity index (χ1v) is 14.8. The second-order valence-corrected chi connectivity index (χ2v) is 10.5. The summed E-state index contributed by atoms with van der Waals surface area (Å²) in [5.41, 5.74) is 21.6. The van der Waals surface area contributed by atoms with Gasteiger partial charge in [0.2, 0.25) is 11.4 Å². The van der Waals surface area contributed by atoms with Crippen LogP contribution in [0.1, 0.15) is 127 Å². The van der Waals surface area contributed by atoms with Crippen LogP contribution in [0.25, 0.3) is 16.9 Å². The number of nitrogens with zero attached hydrogens (tertiary/aromatic N) is 2. The summed E-state index contributed by atoms with van der Waals surface area (Å²) in [6, 6.07) is 17.8. The number of hydrogen-bond donors (Lipinski definition) is 0. The van der Waals surface area contributed by atoms with Crippen molar-refractivity contribution in [2.45, 2.75) is 118 Å². The van der Waals surface area contributed by atoms with Crippen LogP contribution in [0.15, 0.2) is 59.7 Å². The van der Waals surface area contributed by atoms with E-state index < -0.39 is 0 Å². The van der Waals surface area contributed by atoms with Gasteiger partial charge in [-0.25, -0.2) is 4.70 Å². The molecule has 39 heavy (non-hydrogen) atoms. The van der Waals surface area contributed by atoms with E-state index in [4.69, 9.17) is 0 Å². The molecule has 3 rings (SSSR count). The van der Waals surface area contributed by atoms with Crippen LogP contribution < -0.4 is 0 Å². The molecule has 0 N–H and O–H groups in total. The van der Waals surface area contributed by atoms with Crippen LogP contribution in [0, 0.1) is 14.9 Å². The van der Waals surface area contributed by atoms with Crippen LogP contribution in [0.5, 0.6) is 0 Å². The maximum absolute atomic E-state index is 11.8. The van der Waals surface area contributed by atoms with Gasteiger partial charge in [-0.3, -0.25) is 0 Å². The molecule has 2 aromatic rings. The van der Waals surface area contributed by atoms with Crippen molar-refractivity contribution in [2.24, 2.45) is 0 Å². The van der Waals surface area contributed by atoms with Crippen molar-refractivity contribution in [3.05, 3.63) is 102 Å². The summed E-state index contributed by atoms with van der Waals surface area (Å²) < 4.78 is 1.55. The van der Waals surface area contributed by atoms with Gasteiger partial charge in [-0.1, -0.05) is 90.5 Å². The standard InChI is InChI=1S/C34H48N2.2CH3.Ni/c1-5-9-13-18-28-20-16-22-30(26-28)34-32(24-14-10-6-2)31(23-12-8-4)33(36(34)35)29-21-15-19-27(25-29)17-11-7-3;;;/h15-16,19-22,25-26H,5-14,17-18,23-24H2,1-4H3;2*1H3;/q;2*-1;+2. The van der Waals surface area contributed by atoms with Gasteiger partial charge in [0.25, 0.3) is 0 Å². The number of benzene rings is 2. The molecule has 0 aliphatic carbocycles. The van der Waals surface area contributed by atoms with Crippen molar-refractivity contribution in [3.8, 4) is 0 Å². The third kappa shape index (κ3) is 10.2. The summed E-state index contributed by atoms with van der Waals surface area (Å²) in [5, 5.41) is 0. The van der Waals surface area contributed by atoms with Crippen LogP contribution in [0.3, 0.4) is 0 Å². The van der Waals surface area contributed by atoms with Gasteiger partial charge < -0.3 is 20.4 Å². The number of aryl methyl sites for hydroxylation is 2. The van der Waals surface area contributed by atoms with E-state index in [9.17, 15) is 5.53 Å². The Labute approximate surface area is 251 Å². The van der Waals surface area contributed by atoms with Gasteiger partial charge in [0.15, 0.2) is 0 Å². The molecule has 0 unspecified atom stereocenters. The first kappa shape index (κ1) is 37.0. The SMILES string of the molecule is CCCCCC1=C(c2cccc(CCCCC)c2)[N+](=[N-])C(c2cccc(CCCC)c2)=C1CCCC.[CH3-].[CH3-].[Ni+2]. The summed E-state index contributed by atoms with van der Waals surface area (Å²) in [4.78, 5) is 0. The summed E-state index contributed by atoms with van der Waals surface area (Å²) >= 11 is 0. The quantitative estimate of drug-likeness (QED) is 0.0826. The zero-order valence-electron chi connectivity index (χ0n) is 25.7. The average Bonchev–Trinajstić information content (AvgIpc) is 3.17. The summed E-state index contributed by atoms with van der Waals surface area (Å²) in [5.74, 6) is 0. The van der Waals surface area contributed by atoms with Gasteiger partial charge in [0.1, 0.15) is 0 Å². The van der Waals surface area contributed by atoms with Gasteiger partial charge in [-0.05, 0) is 86.8 Å². The summed E-state index contributed by atoms with van der Waals surface area (Å²) in [6.07, 6.45) is 16.3. The third-order valence-electron chi connectivity index (χ3n) is 7.46. The maximum atomic E-state index is 11.8. The Balaban J connectivity index is 0.00000481. The first-order chi connectivity index (χ1) is 17.6. The molecule has 2 aromatic carbocycles. The normalized spacial score (nSPS) is 12.8. The van der Waals surface area contributed by atoms with E-state index in [1.54, 1.807) is 4.70 Å². The molecule has 0 saturated carbocycles. The Morgan fingerprint density at radius 2 is 0.923 bits per heavy atom. The minimum atomic E-state index is 0. The molecular weight excluding hydrogens is 519 g/mol. The molecule has 0 atom stereocenters. The molecule has 218 valence electrons. The molecule has 0 spiro atoms. The van der Waals surface area contributed by atoms with Crippen LogP contribution >= 0.6 is 0 Å². The Kier molecular flexibility index (Phi) is 19.0. The Morgan fingerprint density at radius 3 is 1.38 bits per heavy atom. The van der Waals surface area contributed by atoms with Gasteiger partial charge in [0.05, 0.1) is 0 Å². The first-order valence-electron chi connectivity index (χ1n) is 14.8.